The van der Waals surface area contributed by atoms with Gasteiger partial charge in [-0.15, -0.1) is 10.2 Å². The summed E-state index contributed by atoms with van der Waals surface area (Å²) in [5.74, 6) is 1.74. The summed E-state index contributed by atoms with van der Waals surface area (Å²) in [4.78, 5) is 4.79. The van der Waals surface area contributed by atoms with Crippen molar-refractivity contribution >= 4 is 44.2 Å². The highest BCUT2D eigenvalue weighted by atomic mass is 127. The zero-order chi connectivity index (χ0) is 20.4. The van der Waals surface area contributed by atoms with E-state index in [-0.39, 0.29) is 0 Å². The molecular weight excluding hydrogens is 501 g/mol. The smallest absolute Gasteiger partial charge is 0.243 e. The molecule has 1 atom stereocenters. The SMILES string of the molecule is CC1CCCCN1c1ccc(N2CCN(S(=O)(=O)c3ccc(I)cc3)CC2)nn1. The summed E-state index contributed by atoms with van der Waals surface area (Å²) < 4.78 is 28.3. The van der Waals surface area contributed by atoms with Crippen LogP contribution in [0.15, 0.2) is 41.3 Å². The van der Waals surface area contributed by atoms with Gasteiger partial charge in [0.15, 0.2) is 11.6 Å². The topological polar surface area (TPSA) is 69.6 Å². The standard InChI is InChI=1S/C20H26IN5O2S/c1-16-4-2-3-11-26(16)20-10-9-19(22-23-20)24-12-14-25(15-13-24)29(27,28)18-7-5-17(21)6-8-18/h5-10,16H,2-4,11-15H2,1H3. The Morgan fingerprint density at radius 2 is 1.55 bits per heavy atom. The van der Waals surface area contributed by atoms with Crippen molar-refractivity contribution in [2.24, 2.45) is 0 Å². The highest BCUT2D eigenvalue weighted by Crippen LogP contribution is 2.25. The Morgan fingerprint density at radius 1 is 0.897 bits per heavy atom. The summed E-state index contributed by atoms with van der Waals surface area (Å²) in [7, 11) is -3.45. The van der Waals surface area contributed by atoms with Crippen LogP contribution < -0.4 is 9.80 Å². The fourth-order valence-electron chi connectivity index (χ4n) is 3.99. The van der Waals surface area contributed by atoms with Gasteiger partial charge in [-0.2, -0.15) is 4.31 Å². The number of anilines is 2. The van der Waals surface area contributed by atoms with E-state index >= 15 is 0 Å². The lowest BCUT2D eigenvalue weighted by atomic mass is 10.0. The number of rotatable bonds is 4. The minimum atomic E-state index is -3.45. The molecule has 0 saturated carbocycles. The van der Waals surface area contributed by atoms with Crippen LogP contribution in [0.5, 0.6) is 0 Å². The van der Waals surface area contributed by atoms with Crippen LogP contribution in [0, 0.1) is 3.57 Å². The van der Waals surface area contributed by atoms with Gasteiger partial charge in [0, 0.05) is 42.3 Å². The first-order chi connectivity index (χ1) is 13.9. The molecule has 2 aromatic rings. The van der Waals surface area contributed by atoms with Crippen molar-refractivity contribution < 1.29 is 8.42 Å². The molecule has 4 rings (SSSR count). The number of piperidine rings is 1. The van der Waals surface area contributed by atoms with Gasteiger partial charge in [-0.1, -0.05) is 0 Å². The first kappa shape index (κ1) is 20.8. The van der Waals surface area contributed by atoms with Crippen molar-refractivity contribution in [3.63, 3.8) is 0 Å². The van der Waals surface area contributed by atoms with Crippen LogP contribution in [0.1, 0.15) is 26.2 Å². The Bertz CT molecular complexity index is 928. The number of aromatic nitrogens is 2. The van der Waals surface area contributed by atoms with Gasteiger partial charge in [0.2, 0.25) is 10.0 Å². The molecule has 7 nitrogen and oxygen atoms in total. The average molecular weight is 527 g/mol. The fraction of sp³-hybridized carbons (Fsp3) is 0.500. The van der Waals surface area contributed by atoms with Crippen molar-refractivity contribution in [3.05, 3.63) is 40.0 Å². The minimum absolute atomic E-state index is 0.353. The maximum absolute atomic E-state index is 12.9. The van der Waals surface area contributed by atoms with Crippen LogP contribution in [0.3, 0.4) is 0 Å². The van der Waals surface area contributed by atoms with Crippen LogP contribution in [0.2, 0.25) is 0 Å². The van der Waals surface area contributed by atoms with Crippen LogP contribution in [0.4, 0.5) is 11.6 Å². The summed E-state index contributed by atoms with van der Waals surface area (Å²) >= 11 is 2.17. The van der Waals surface area contributed by atoms with E-state index in [0.717, 1.165) is 21.8 Å². The molecule has 0 N–H and O–H groups in total. The summed E-state index contributed by atoms with van der Waals surface area (Å²) in [6, 6.07) is 11.5. The first-order valence-corrected chi connectivity index (χ1v) is 12.6. The molecule has 2 aliphatic heterocycles. The van der Waals surface area contributed by atoms with Gasteiger partial charge in [-0.25, -0.2) is 8.42 Å². The highest BCUT2D eigenvalue weighted by Gasteiger charge is 2.29. The molecule has 1 aromatic heterocycles. The first-order valence-electron chi connectivity index (χ1n) is 10.1. The van der Waals surface area contributed by atoms with E-state index in [1.807, 2.05) is 24.3 Å². The van der Waals surface area contributed by atoms with Gasteiger partial charge in [0.05, 0.1) is 4.90 Å². The summed E-state index contributed by atoms with van der Waals surface area (Å²) in [6.45, 7) is 5.38. The maximum Gasteiger partial charge on any atom is 0.243 e. The van der Waals surface area contributed by atoms with Crippen molar-refractivity contribution in [1.29, 1.82) is 0 Å². The monoisotopic (exact) mass is 527 g/mol. The average Bonchev–Trinajstić information content (AvgIpc) is 2.75. The molecule has 1 aromatic carbocycles. The second-order valence-corrected chi connectivity index (χ2v) is 10.8. The Balaban J connectivity index is 1.40. The second-order valence-electron chi connectivity index (χ2n) is 7.63. The van der Waals surface area contributed by atoms with Crippen LogP contribution in [-0.4, -0.2) is 61.7 Å². The van der Waals surface area contributed by atoms with Gasteiger partial charge in [0.1, 0.15) is 0 Å². The zero-order valence-corrected chi connectivity index (χ0v) is 19.5. The summed E-state index contributed by atoms with van der Waals surface area (Å²) in [6.07, 6.45) is 3.67. The lowest BCUT2D eigenvalue weighted by Crippen LogP contribution is -2.49. The Hall–Kier alpha value is -1.46. The number of nitrogens with zero attached hydrogens (tertiary/aromatic N) is 5. The molecule has 29 heavy (non-hydrogen) atoms. The summed E-state index contributed by atoms with van der Waals surface area (Å²) in [5.41, 5.74) is 0. The maximum atomic E-state index is 12.9. The Kier molecular flexibility index (Phi) is 6.26. The lowest BCUT2D eigenvalue weighted by Gasteiger charge is -2.35. The fourth-order valence-corrected chi connectivity index (χ4v) is 5.77. The molecule has 0 bridgehead atoms. The molecule has 2 aliphatic rings. The molecule has 2 fully saturated rings. The zero-order valence-electron chi connectivity index (χ0n) is 16.5. The number of sulfonamides is 1. The molecule has 2 saturated heterocycles. The van der Waals surface area contributed by atoms with Gasteiger partial charge in [0.25, 0.3) is 0 Å². The molecule has 9 heteroatoms. The second kappa shape index (κ2) is 8.73. The van der Waals surface area contributed by atoms with Crippen molar-refractivity contribution in [2.75, 3.05) is 42.5 Å². The van der Waals surface area contributed by atoms with E-state index in [1.54, 1.807) is 16.4 Å². The molecule has 0 spiro atoms. The Labute approximate surface area is 186 Å². The van der Waals surface area contributed by atoms with Gasteiger partial charge < -0.3 is 9.80 Å². The number of piperazine rings is 1. The predicted octanol–water partition coefficient (Wildman–Crippen LogP) is 2.97. The lowest BCUT2D eigenvalue weighted by molar-refractivity contribution is 0.383. The van der Waals surface area contributed by atoms with Gasteiger partial charge >= 0.3 is 0 Å². The Morgan fingerprint density at radius 3 is 2.17 bits per heavy atom. The molecule has 0 aliphatic carbocycles. The number of halogens is 1. The van der Waals surface area contributed by atoms with Gasteiger partial charge in [-0.3, -0.25) is 0 Å². The van der Waals surface area contributed by atoms with Crippen LogP contribution >= 0.6 is 22.6 Å². The third kappa shape index (κ3) is 4.51. The van der Waals surface area contributed by atoms with Crippen LogP contribution in [-0.2, 0) is 10.0 Å². The molecular formula is C20H26IN5O2S. The normalized spacial score (nSPS) is 21.4. The molecule has 0 radical (unpaired) electrons. The molecule has 1 unspecified atom stereocenters. The summed E-state index contributed by atoms with van der Waals surface area (Å²) in [5, 5.41) is 8.89. The molecule has 156 valence electrons. The van der Waals surface area contributed by atoms with E-state index < -0.39 is 10.0 Å². The number of benzene rings is 1. The predicted molar refractivity (Wildman–Crippen MR) is 123 cm³/mol. The third-order valence-electron chi connectivity index (χ3n) is 5.75. The third-order valence-corrected chi connectivity index (χ3v) is 8.38. The molecule has 3 heterocycles. The minimum Gasteiger partial charge on any atom is -0.352 e. The van der Waals surface area contributed by atoms with E-state index in [0.29, 0.717) is 37.1 Å². The van der Waals surface area contributed by atoms with E-state index in [1.165, 1.54) is 19.3 Å². The van der Waals surface area contributed by atoms with E-state index in [9.17, 15) is 8.42 Å². The van der Waals surface area contributed by atoms with E-state index in [2.05, 4.69) is 49.5 Å². The van der Waals surface area contributed by atoms with Crippen molar-refractivity contribution in [3.8, 4) is 0 Å². The number of hydrogen-bond acceptors (Lipinski definition) is 6. The van der Waals surface area contributed by atoms with Crippen molar-refractivity contribution in [2.45, 2.75) is 37.1 Å². The largest absolute Gasteiger partial charge is 0.352 e. The highest BCUT2D eigenvalue weighted by molar-refractivity contribution is 14.1. The molecule has 0 amide bonds. The van der Waals surface area contributed by atoms with Gasteiger partial charge in [-0.05, 0) is 85.2 Å². The van der Waals surface area contributed by atoms with Crippen molar-refractivity contribution in [1.82, 2.24) is 14.5 Å². The van der Waals surface area contributed by atoms with Crippen LogP contribution in [0.25, 0.3) is 0 Å². The van der Waals surface area contributed by atoms with E-state index in [4.69, 9.17) is 0 Å². The number of hydrogen-bond donors (Lipinski definition) is 0. The quantitative estimate of drug-likeness (QED) is 0.570.